The van der Waals surface area contributed by atoms with Crippen molar-refractivity contribution in [2.45, 2.75) is 6.92 Å². The highest BCUT2D eigenvalue weighted by molar-refractivity contribution is 4.93. The van der Waals surface area contributed by atoms with Crippen LogP contribution in [-0.2, 0) is 0 Å². The van der Waals surface area contributed by atoms with Gasteiger partial charge < -0.3 is 5.21 Å². The van der Waals surface area contributed by atoms with Crippen molar-refractivity contribution in [1.82, 2.24) is 9.94 Å². The van der Waals surface area contributed by atoms with Crippen molar-refractivity contribution in [1.29, 1.82) is 5.41 Å². The SMILES string of the molecule is Cc1nn(O)ccc1=N. The Morgan fingerprint density at radius 2 is 2.44 bits per heavy atom. The highest BCUT2D eigenvalue weighted by Gasteiger charge is 1.87. The summed E-state index contributed by atoms with van der Waals surface area (Å²) >= 11 is 0. The minimum Gasteiger partial charge on any atom is -0.412 e. The Kier molecular flexibility index (Phi) is 1.22. The highest BCUT2D eigenvalue weighted by Crippen LogP contribution is 1.76. The molecule has 0 aliphatic carbocycles. The summed E-state index contributed by atoms with van der Waals surface area (Å²) in [5.74, 6) is 0. The minimum atomic E-state index is 0.334. The molecule has 4 nitrogen and oxygen atoms in total. The van der Waals surface area contributed by atoms with Gasteiger partial charge in [-0.3, -0.25) is 5.41 Å². The molecule has 9 heavy (non-hydrogen) atoms. The number of nitrogens with one attached hydrogen (secondary N) is 1. The number of rotatable bonds is 0. The Morgan fingerprint density at radius 3 is 2.89 bits per heavy atom. The second-order valence-electron chi connectivity index (χ2n) is 1.74. The van der Waals surface area contributed by atoms with Crippen LogP contribution in [0.3, 0.4) is 0 Å². The third-order valence-corrected chi connectivity index (χ3v) is 1.02. The van der Waals surface area contributed by atoms with Gasteiger partial charge >= 0.3 is 0 Å². The van der Waals surface area contributed by atoms with Crippen LogP contribution in [0.25, 0.3) is 0 Å². The van der Waals surface area contributed by atoms with Crippen LogP contribution >= 0.6 is 0 Å². The van der Waals surface area contributed by atoms with Gasteiger partial charge in [0, 0.05) is 0 Å². The Balaban J connectivity index is 3.34. The van der Waals surface area contributed by atoms with Gasteiger partial charge in [0.2, 0.25) is 0 Å². The summed E-state index contributed by atoms with van der Waals surface area (Å²) < 4.78 is 0. The lowest BCUT2D eigenvalue weighted by molar-refractivity contribution is 0.142. The van der Waals surface area contributed by atoms with Crippen LogP contribution in [0.5, 0.6) is 0 Å². The van der Waals surface area contributed by atoms with E-state index >= 15 is 0 Å². The van der Waals surface area contributed by atoms with Gasteiger partial charge in [-0.2, -0.15) is 0 Å². The molecule has 0 atom stereocenters. The molecule has 1 heterocycles. The third kappa shape index (κ3) is 1.07. The maximum Gasteiger partial charge on any atom is 0.0862 e. The lowest BCUT2D eigenvalue weighted by Crippen LogP contribution is -2.11. The van der Waals surface area contributed by atoms with Crippen molar-refractivity contribution in [3.05, 3.63) is 23.3 Å². The smallest absolute Gasteiger partial charge is 0.0862 e. The van der Waals surface area contributed by atoms with Crippen LogP contribution in [0.15, 0.2) is 12.3 Å². The fourth-order valence-corrected chi connectivity index (χ4v) is 0.503. The summed E-state index contributed by atoms with van der Waals surface area (Å²) in [5, 5.41) is 19.7. The predicted octanol–water partition coefficient (Wildman–Crippen LogP) is -0.0917. The Labute approximate surface area is 51.8 Å². The first-order valence-corrected chi connectivity index (χ1v) is 2.50. The van der Waals surface area contributed by atoms with Gasteiger partial charge in [-0.1, -0.05) is 0 Å². The molecule has 0 aliphatic heterocycles. The number of aryl methyl sites for hydroxylation is 1. The Bertz CT molecular complexity index is 265. The van der Waals surface area contributed by atoms with Crippen LogP contribution in [0.4, 0.5) is 0 Å². The zero-order valence-corrected chi connectivity index (χ0v) is 5.00. The maximum absolute atomic E-state index is 8.66. The molecule has 0 radical (unpaired) electrons. The summed E-state index contributed by atoms with van der Waals surface area (Å²) in [6, 6.07) is 1.47. The summed E-state index contributed by atoms with van der Waals surface area (Å²) in [4.78, 5) is 0.688. The average molecular weight is 125 g/mol. The van der Waals surface area contributed by atoms with E-state index in [2.05, 4.69) is 5.10 Å². The van der Waals surface area contributed by atoms with Gasteiger partial charge in [0.1, 0.15) is 0 Å². The highest BCUT2D eigenvalue weighted by atomic mass is 16.5. The average Bonchev–Trinajstić information content (AvgIpc) is 1.80. The van der Waals surface area contributed by atoms with Crippen molar-refractivity contribution in [2.75, 3.05) is 0 Å². The monoisotopic (exact) mass is 125 g/mol. The van der Waals surface area contributed by atoms with Crippen LogP contribution in [-0.4, -0.2) is 15.2 Å². The fraction of sp³-hybridized carbons (Fsp3) is 0.200. The van der Waals surface area contributed by atoms with Crippen molar-refractivity contribution >= 4 is 0 Å². The molecule has 1 aromatic heterocycles. The summed E-state index contributed by atoms with van der Waals surface area (Å²) in [6.45, 7) is 1.66. The van der Waals surface area contributed by atoms with Crippen molar-refractivity contribution in [3.63, 3.8) is 0 Å². The first-order valence-electron chi connectivity index (χ1n) is 2.50. The zero-order chi connectivity index (χ0) is 6.85. The van der Waals surface area contributed by atoms with Crippen LogP contribution in [0.1, 0.15) is 5.69 Å². The molecular formula is C5H7N3O. The van der Waals surface area contributed by atoms with Gasteiger partial charge in [-0.25, -0.2) is 0 Å². The topological polar surface area (TPSA) is 61.9 Å². The minimum absolute atomic E-state index is 0.334. The number of aromatic nitrogens is 2. The second kappa shape index (κ2) is 1.89. The van der Waals surface area contributed by atoms with Gasteiger partial charge in [0.25, 0.3) is 0 Å². The number of nitrogens with zero attached hydrogens (tertiary/aromatic N) is 2. The largest absolute Gasteiger partial charge is 0.412 e. The van der Waals surface area contributed by atoms with E-state index in [9.17, 15) is 0 Å². The molecule has 0 fully saturated rings. The molecule has 0 spiro atoms. The van der Waals surface area contributed by atoms with Crippen molar-refractivity contribution < 1.29 is 5.21 Å². The third-order valence-electron chi connectivity index (χ3n) is 1.02. The van der Waals surface area contributed by atoms with E-state index in [-0.39, 0.29) is 0 Å². The first kappa shape index (κ1) is 5.81. The molecule has 4 heteroatoms. The lowest BCUT2D eigenvalue weighted by Gasteiger charge is -1.94. The zero-order valence-electron chi connectivity index (χ0n) is 5.00. The number of hydrogen-bond acceptors (Lipinski definition) is 3. The van der Waals surface area contributed by atoms with Crippen LogP contribution in [0.2, 0.25) is 0 Å². The van der Waals surface area contributed by atoms with Gasteiger partial charge in [-0.05, 0) is 13.0 Å². The van der Waals surface area contributed by atoms with E-state index in [1.54, 1.807) is 6.92 Å². The standard InChI is InChI=1S/C5H7N3O/c1-4-5(6)2-3-8(9)7-4/h2-3,6,9H,1H3. The first-order chi connectivity index (χ1) is 4.20. The normalized spacial score (nSPS) is 9.44. The van der Waals surface area contributed by atoms with Crippen LogP contribution < -0.4 is 5.36 Å². The lowest BCUT2D eigenvalue weighted by atomic mass is 10.4. The van der Waals surface area contributed by atoms with Gasteiger partial charge in [-0.15, -0.1) is 9.94 Å². The van der Waals surface area contributed by atoms with E-state index in [0.29, 0.717) is 15.9 Å². The Morgan fingerprint density at radius 1 is 1.78 bits per heavy atom. The molecule has 0 saturated carbocycles. The molecule has 0 aliphatic rings. The van der Waals surface area contributed by atoms with E-state index in [4.69, 9.17) is 10.6 Å². The molecule has 0 aromatic carbocycles. The molecular weight excluding hydrogens is 118 g/mol. The maximum atomic E-state index is 8.66. The predicted molar refractivity (Wildman–Crippen MR) is 30.0 cm³/mol. The molecule has 48 valence electrons. The van der Waals surface area contributed by atoms with Gasteiger partial charge in [0.05, 0.1) is 17.2 Å². The van der Waals surface area contributed by atoms with E-state index in [0.717, 1.165) is 0 Å². The summed E-state index contributed by atoms with van der Waals surface area (Å²) in [7, 11) is 0. The van der Waals surface area contributed by atoms with E-state index < -0.39 is 0 Å². The molecule has 2 N–H and O–H groups in total. The van der Waals surface area contributed by atoms with Gasteiger partial charge in [0.15, 0.2) is 0 Å². The molecule has 1 rings (SSSR count). The van der Waals surface area contributed by atoms with Crippen molar-refractivity contribution in [3.8, 4) is 0 Å². The summed E-state index contributed by atoms with van der Waals surface area (Å²) in [5.41, 5.74) is 0.514. The van der Waals surface area contributed by atoms with Crippen LogP contribution in [0, 0.1) is 12.3 Å². The molecule has 0 bridgehead atoms. The molecule has 1 aromatic rings. The van der Waals surface area contributed by atoms with E-state index in [1.165, 1.54) is 12.3 Å². The fourth-order valence-electron chi connectivity index (χ4n) is 0.503. The molecule has 0 amide bonds. The van der Waals surface area contributed by atoms with E-state index in [1.807, 2.05) is 0 Å². The molecule has 0 saturated heterocycles. The molecule has 0 unspecified atom stereocenters. The van der Waals surface area contributed by atoms with Crippen molar-refractivity contribution in [2.24, 2.45) is 0 Å². The Hall–Kier alpha value is -1.32. The summed E-state index contributed by atoms with van der Waals surface area (Å²) in [6.07, 6.45) is 1.31. The second-order valence-corrected chi connectivity index (χ2v) is 1.74. The quantitative estimate of drug-likeness (QED) is 0.476. The number of hydrogen-bond donors (Lipinski definition) is 2.